The Bertz CT molecular complexity index is 712. The number of aliphatic imine (C=N–C) groups is 1. The molecule has 1 aromatic rings. The van der Waals surface area contributed by atoms with Crippen LogP contribution < -0.4 is 25.4 Å². The largest absolute Gasteiger partial charge is 0.497 e. The van der Waals surface area contributed by atoms with Gasteiger partial charge in [-0.25, -0.2) is 4.99 Å². The summed E-state index contributed by atoms with van der Waals surface area (Å²) in [6.07, 6.45) is 4.90. The molecule has 0 unspecified atom stereocenters. The quantitative estimate of drug-likeness (QED) is 0.401. The molecule has 0 radical (unpaired) electrons. The van der Waals surface area contributed by atoms with Gasteiger partial charge in [0.2, 0.25) is 5.91 Å². The third-order valence-corrected chi connectivity index (χ3v) is 5.27. The van der Waals surface area contributed by atoms with Crippen LogP contribution in [0, 0.1) is 5.41 Å². The van der Waals surface area contributed by atoms with E-state index in [9.17, 15) is 4.79 Å². The molecule has 1 amide bonds. The highest BCUT2D eigenvalue weighted by Gasteiger charge is 2.27. The van der Waals surface area contributed by atoms with Crippen LogP contribution in [-0.4, -0.2) is 44.7 Å². The first-order valence-corrected chi connectivity index (χ1v) is 11.0. The normalized spacial score (nSPS) is 15.0. The monoisotopic (exact) mass is 418 g/mol. The number of hydrogen-bond acceptors (Lipinski definition) is 4. The van der Waals surface area contributed by atoms with E-state index < -0.39 is 5.41 Å². The average Bonchev–Trinajstić information content (AvgIpc) is 3.24. The van der Waals surface area contributed by atoms with Crippen LogP contribution in [0.2, 0.25) is 0 Å². The molecule has 3 N–H and O–H groups in total. The second-order valence-corrected chi connectivity index (χ2v) is 8.29. The molecule has 0 bridgehead atoms. The lowest BCUT2D eigenvalue weighted by Crippen LogP contribution is -2.47. The van der Waals surface area contributed by atoms with Crippen molar-refractivity contribution in [3.8, 4) is 11.5 Å². The number of hydrogen-bond donors (Lipinski definition) is 3. The van der Waals surface area contributed by atoms with Crippen LogP contribution >= 0.6 is 0 Å². The van der Waals surface area contributed by atoms with Crippen LogP contribution in [0.15, 0.2) is 23.2 Å². The highest BCUT2D eigenvalue weighted by atomic mass is 16.5. The van der Waals surface area contributed by atoms with Crippen molar-refractivity contribution in [3.63, 3.8) is 0 Å². The van der Waals surface area contributed by atoms with Crippen LogP contribution in [-0.2, 0) is 11.3 Å². The molecule has 1 fully saturated rings. The standard InChI is InChI=1S/C23H38N4O3/c1-6-24-21(28)23(3,4)16-27-22(25-7-2)26-15-17-12-13-19(29-5)14-20(17)30-18-10-8-9-11-18/h12-14,18H,6-11,15-16H2,1-5H3,(H,24,28)(H2,25,26,27). The van der Waals surface area contributed by atoms with Gasteiger partial charge >= 0.3 is 0 Å². The van der Waals surface area contributed by atoms with Gasteiger partial charge in [-0.05, 0) is 65.5 Å². The van der Waals surface area contributed by atoms with Crippen molar-refractivity contribution in [1.29, 1.82) is 0 Å². The van der Waals surface area contributed by atoms with Crippen molar-refractivity contribution < 1.29 is 14.3 Å². The molecule has 1 aromatic carbocycles. The number of carbonyl (C=O) groups is 1. The molecule has 1 aliphatic carbocycles. The summed E-state index contributed by atoms with van der Waals surface area (Å²) in [6.45, 7) is 10.1. The number of amides is 1. The molecule has 1 aliphatic rings. The molecule has 0 atom stereocenters. The van der Waals surface area contributed by atoms with Crippen molar-refractivity contribution in [3.05, 3.63) is 23.8 Å². The maximum Gasteiger partial charge on any atom is 0.227 e. The van der Waals surface area contributed by atoms with Gasteiger partial charge in [-0.15, -0.1) is 0 Å². The number of nitrogens with one attached hydrogen (secondary N) is 3. The number of rotatable bonds is 10. The number of ether oxygens (including phenoxy) is 2. The van der Waals surface area contributed by atoms with Crippen molar-refractivity contribution in [2.45, 2.75) is 66.0 Å². The summed E-state index contributed by atoms with van der Waals surface area (Å²) in [6, 6.07) is 5.89. The summed E-state index contributed by atoms with van der Waals surface area (Å²) >= 11 is 0. The molecule has 0 spiro atoms. The van der Waals surface area contributed by atoms with Crippen molar-refractivity contribution >= 4 is 11.9 Å². The molecular weight excluding hydrogens is 380 g/mol. The summed E-state index contributed by atoms with van der Waals surface area (Å²) in [4.78, 5) is 17.0. The Morgan fingerprint density at radius 1 is 1.13 bits per heavy atom. The summed E-state index contributed by atoms with van der Waals surface area (Å²) in [7, 11) is 1.66. The molecule has 2 rings (SSSR count). The molecule has 0 saturated heterocycles. The van der Waals surface area contributed by atoms with Crippen LogP contribution in [0.3, 0.4) is 0 Å². The number of nitrogens with zero attached hydrogens (tertiary/aromatic N) is 1. The van der Waals surface area contributed by atoms with Crippen molar-refractivity contribution in [1.82, 2.24) is 16.0 Å². The highest BCUT2D eigenvalue weighted by Crippen LogP contribution is 2.30. The Labute approximate surface area is 181 Å². The molecule has 0 aromatic heterocycles. The SMILES string of the molecule is CCNC(=O)C(C)(C)CNC(=NCc1ccc(OC)cc1OC1CCCC1)NCC. The Morgan fingerprint density at radius 2 is 1.83 bits per heavy atom. The molecule has 30 heavy (non-hydrogen) atoms. The number of methoxy groups -OCH3 is 1. The van der Waals surface area contributed by atoms with Crippen LogP contribution in [0.4, 0.5) is 0 Å². The lowest BCUT2D eigenvalue weighted by Gasteiger charge is -2.25. The van der Waals surface area contributed by atoms with Gasteiger partial charge in [0.25, 0.3) is 0 Å². The maximum absolute atomic E-state index is 12.2. The lowest BCUT2D eigenvalue weighted by molar-refractivity contribution is -0.128. The number of carbonyl (C=O) groups excluding carboxylic acids is 1. The van der Waals surface area contributed by atoms with E-state index in [1.54, 1.807) is 7.11 Å². The number of guanidine groups is 1. The molecule has 0 aliphatic heterocycles. The van der Waals surface area contributed by atoms with Gasteiger partial charge in [-0.2, -0.15) is 0 Å². The second kappa shape index (κ2) is 11.7. The fourth-order valence-electron chi connectivity index (χ4n) is 3.38. The second-order valence-electron chi connectivity index (χ2n) is 8.29. The summed E-state index contributed by atoms with van der Waals surface area (Å²) in [5.74, 6) is 2.32. The summed E-state index contributed by atoms with van der Waals surface area (Å²) in [5, 5.41) is 9.44. The maximum atomic E-state index is 12.2. The molecule has 168 valence electrons. The fraction of sp³-hybridized carbons (Fsp3) is 0.652. The summed E-state index contributed by atoms with van der Waals surface area (Å²) in [5.41, 5.74) is 0.478. The van der Waals surface area contributed by atoms with E-state index >= 15 is 0 Å². The van der Waals surface area contributed by atoms with Gasteiger partial charge in [-0.1, -0.05) is 0 Å². The zero-order chi connectivity index (χ0) is 22.0. The Kier molecular flexibility index (Phi) is 9.27. The van der Waals surface area contributed by atoms with Crippen LogP contribution in [0.1, 0.15) is 58.9 Å². The molecule has 0 heterocycles. The third kappa shape index (κ3) is 7.11. The zero-order valence-electron chi connectivity index (χ0n) is 19.1. The number of benzene rings is 1. The molecule has 7 heteroatoms. The smallest absolute Gasteiger partial charge is 0.227 e. The van der Waals surface area contributed by atoms with Gasteiger partial charge in [0.1, 0.15) is 11.5 Å². The Morgan fingerprint density at radius 3 is 2.47 bits per heavy atom. The Hall–Kier alpha value is -2.44. The highest BCUT2D eigenvalue weighted by molar-refractivity contribution is 5.84. The molecular formula is C23H38N4O3. The van der Waals surface area contributed by atoms with Gasteiger partial charge in [0, 0.05) is 31.3 Å². The fourth-order valence-corrected chi connectivity index (χ4v) is 3.38. The average molecular weight is 419 g/mol. The summed E-state index contributed by atoms with van der Waals surface area (Å²) < 4.78 is 11.6. The van der Waals surface area contributed by atoms with Gasteiger partial charge < -0.3 is 25.4 Å². The topological polar surface area (TPSA) is 84.0 Å². The van der Waals surface area contributed by atoms with Crippen LogP contribution in [0.5, 0.6) is 11.5 Å². The minimum atomic E-state index is -0.539. The predicted octanol–water partition coefficient (Wildman–Crippen LogP) is 3.23. The predicted molar refractivity (Wildman–Crippen MR) is 121 cm³/mol. The van der Waals surface area contributed by atoms with E-state index in [1.807, 2.05) is 45.9 Å². The van der Waals surface area contributed by atoms with E-state index in [2.05, 4.69) is 16.0 Å². The van der Waals surface area contributed by atoms with Crippen molar-refractivity contribution in [2.75, 3.05) is 26.7 Å². The first-order chi connectivity index (χ1) is 14.4. The minimum absolute atomic E-state index is 0.0238. The van der Waals surface area contributed by atoms with Gasteiger partial charge in [0.05, 0.1) is 25.2 Å². The van der Waals surface area contributed by atoms with Gasteiger partial charge in [-0.3, -0.25) is 4.79 Å². The van der Waals surface area contributed by atoms with Gasteiger partial charge in [0.15, 0.2) is 5.96 Å². The Balaban J connectivity index is 2.09. The molecule has 1 saturated carbocycles. The van der Waals surface area contributed by atoms with E-state index in [4.69, 9.17) is 14.5 Å². The lowest BCUT2D eigenvalue weighted by atomic mass is 9.92. The third-order valence-electron chi connectivity index (χ3n) is 5.27. The van der Waals surface area contributed by atoms with E-state index in [-0.39, 0.29) is 12.0 Å². The zero-order valence-corrected chi connectivity index (χ0v) is 19.1. The first-order valence-electron chi connectivity index (χ1n) is 11.0. The van der Waals surface area contributed by atoms with E-state index in [0.717, 1.165) is 36.4 Å². The van der Waals surface area contributed by atoms with Crippen molar-refractivity contribution in [2.24, 2.45) is 10.4 Å². The molecule has 7 nitrogen and oxygen atoms in total. The minimum Gasteiger partial charge on any atom is -0.497 e. The van der Waals surface area contributed by atoms with E-state index in [0.29, 0.717) is 25.6 Å². The van der Waals surface area contributed by atoms with Crippen LogP contribution in [0.25, 0.3) is 0 Å². The first kappa shape index (κ1) is 23.8. The van der Waals surface area contributed by atoms with E-state index in [1.165, 1.54) is 12.8 Å².